The molecular formula is C15H22N4O2. The van der Waals surface area contributed by atoms with Gasteiger partial charge in [0.05, 0.1) is 14.2 Å². The quantitative estimate of drug-likeness (QED) is 0.841. The fourth-order valence-corrected chi connectivity index (χ4v) is 2.22. The van der Waals surface area contributed by atoms with Gasteiger partial charge in [-0.15, -0.1) is 10.2 Å². The number of hydrogen-bond donors (Lipinski definition) is 1. The number of benzene rings is 1. The Labute approximate surface area is 125 Å². The molecule has 0 saturated carbocycles. The first-order valence-electron chi connectivity index (χ1n) is 6.94. The third-order valence-electron chi connectivity index (χ3n) is 3.51. The van der Waals surface area contributed by atoms with Crippen molar-refractivity contribution < 1.29 is 9.47 Å². The van der Waals surface area contributed by atoms with Gasteiger partial charge in [-0.3, -0.25) is 0 Å². The van der Waals surface area contributed by atoms with Crippen molar-refractivity contribution in [2.75, 3.05) is 20.8 Å². The lowest BCUT2D eigenvalue weighted by Crippen LogP contribution is -2.22. The Morgan fingerprint density at radius 2 is 2.10 bits per heavy atom. The summed E-state index contributed by atoms with van der Waals surface area (Å²) >= 11 is 0. The lowest BCUT2D eigenvalue weighted by molar-refractivity contribution is 0.392. The van der Waals surface area contributed by atoms with E-state index in [2.05, 4.69) is 22.4 Å². The first-order valence-corrected chi connectivity index (χ1v) is 6.94. The largest absolute Gasteiger partial charge is 0.497 e. The molecule has 0 bridgehead atoms. The van der Waals surface area contributed by atoms with Crippen molar-refractivity contribution in [3.8, 4) is 11.5 Å². The van der Waals surface area contributed by atoms with E-state index >= 15 is 0 Å². The monoisotopic (exact) mass is 290 g/mol. The molecule has 6 heteroatoms. The minimum absolute atomic E-state index is 0.156. The van der Waals surface area contributed by atoms with E-state index in [0.29, 0.717) is 0 Å². The van der Waals surface area contributed by atoms with Gasteiger partial charge in [-0.1, -0.05) is 0 Å². The average Bonchev–Trinajstić information content (AvgIpc) is 2.91. The van der Waals surface area contributed by atoms with E-state index in [9.17, 15) is 0 Å². The van der Waals surface area contributed by atoms with Crippen molar-refractivity contribution >= 4 is 0 Å². The molecule has 1 aromatic carbocycles. The molecule has 2 rings (SSSR count). The highest BCUT2D eigenvalue weighted by Gasteiger charge is 2.12. The van der Waals surface area contributed by atoms with E-state index in [1.54, 1.807) is 20.5 Å². The minimum Gasteiger partial charge on any atom is -0.497 e. The van der Waals surface area contributed by atoms with Crippen LogP contribution in [0.3, 0.4) is 0 Å². The maximum atomic E-state index is 5.42. The third-order valence-corrected chi connectivity index (χ3v) is 3.51. The predicted molar refractivity (Wildman–Crippen MR) is 80.7 cm³/mol. The number of methoxy groups -OCH3 is 2. The van der Waals surface area contributed by atoms with Crippen molar-refractivity contribution in [2.45, 2.75) is 19.4 Å². The first-order chi connectivity index (χ1) is 10.2. The van der Waals surface area contributed by atoms with Crippen LogP contribution in [0.1, 0.15) is 24.4 Å². The van der Waals surface area contributed by atoms with Gasteiger partial charge in [-0.05, 0) is 25.1 Å². The van der Waals surface area contributed by atoms with Crippen molar-refractivity contribution in [2.24, 2.45) is 7.05 Å². The van der Waals surface area contributed by atoms with E-state index in [0.717, 1.165) is 35.9 Å². The molecule has 0 amide bonds. The summed E-state index contributed by atoms with van der Waals surface area (Å²) in [4.78, 5) is 0. The number of rotatable bonds is 7. The van der Waals surface area contributed by atoms with Crippen LogP contribution in [0, 0.1) is 0 Å². The zero-order valence-corrected chi connectivity index (χ0v) is 13.0. The van der Waals surface area contributed by atoms with Gasteiger partial charge in [0.15, 0.2) is 0 Å². The van der Waals surface area contributed by atoms with E-state index < -0.39 is 0 Å². The smallest absolute Gasteiger partial charge is 0.133 e. The molecule has 0 fully saturated rings. The summed E-state index contributed by atoms with van der Waals surface area (Å²) in [5.41, 5.74) is 1.08. The molecular weight excluding hydrogens is 268 g/mol. The first kappa shape index (κ1) is 15.3. The highest BCUT2D eigenvalue weighted by molar-refractivity contribution is 5.42. The van der Waals surface area contributed by atoms with Crippen molar-refractivity contribution in [1.29, 1.82) is 0 Å². The molecule has 114 valence electrons. The molecule has 0 aliphatic carbocycles. The van der Waals surface area contributed by atoms with Crippen LogP contribution in [0.4, 0.5) is 0 Å². The van der Waals surface area contributed by atoms with E-state index in [1.165, 1.54) is 0 Å². The Bertz CT molecular complexity index is 583. The van der Waals surface area contributed by atoms with Gasteiger partial charge in [-0.2, -0.15) is 0 Å². The Morgan fingerprint density at radius 1 is 1.29 bits per heavy atom. The summed E-state index contributed by atoms with van der Waals surface area (Å²) in [6, 6.07) is 5.98. The van der Waals surface area contributed by atoms with Crippen molar-refractivity contribution in [3.63, 3.8) is 0 Å². The SMILES string of the molecule is COc1ccc(OC)c(C(C)NCCc2nncn2C)c1. The Kier molecular flexibility index (Phi) is 5.16. The van der Waals surface area contributed by atoms with Crippen LogP contribution in [-0.4, -0.2) is 35.5 Å². The molecule has 6 nitrogen and oxygen atoms in total. The van der Waals surface area contributed by atoms with Crippen LogP contribution >= 0.6 is 0 Å². The summed E-state index contributed by atoms with van der Waals surface area (Å²) < 4.78 is 12.6. The van der Waals surface area contributed by atoms with Gasteiger partial charge < -0.3 is 19.4 Å². The van der Waals surface area contributed by atoms with Crippen LogP contribution < -0.4 is 14.8 Å². The van der Waals surface area contributed by atoms with E-state index in [4.69, 9.17) is 9.47 Å². The Morgan fingerprint density at radius 3 is 2.71 bits per heavy atom. The number of ether oxygens (including phenoxy) is 2. The second kappa shape index (κ2) is 7.08. The van der Waals surface area contributed by atoms with Gasteiger partial charge in [0, 0.05) is 31.6 Å². The second-order valence-corrected chi connectivity index (χ2v) is 4.89. The summed E-state index contributed by atoms with van der Waals surface area (Å²) in [6.07, 6.45) is 2.54. The highest BCUT2D eigenvalue weighted by atomic mass is 16.5. The number of aryl methyl sites for hydroxylation is 1. The molecule has 21 heavy (non-hydrogen) atoms. The predicted octanol–water partition coefficient (Wildman–Crippen LogP) is 1.73. The molecule has 1 heterocycles. The van der Waals surface area contributed by atoms with Gasteiger partial charge >= 0.3 is 0 Å². The number of aromatic nitrogens is 3. The summed E-state index contributed by atoms with van der Waals surface area (Å²) in [6.45, 7) is 2.92. The highest BCUT2D eigenvalue weighted by Crippen LogP contribution is 2.29. The van der Waals surface area contributed by atoms with Gasteiger partial charge in [-0.25, -0.2) is 0 Å². The fourth-order valence-electron chi connectivity index (χ4n) is 2.22. The van der Waals surface area contributed by atoms with Crippen LogP contribution in [0.2, 0.25) is 0 Å². The van der Waals surface area contributed by atoms with Crippen molar-refractivity contribution in [1.82, 2.24) is 20.1 Å². The molecule has 1 unspecified atom stereocenters. The minimum atomic E-state index is 0.156. The standard InChI is InChI=1S/C15H22N4O2/c1-11(16-8-7-15-18-17-10-19(15)2)13-9-12(20-3)5-6-14(13)21-4/h5-6,9-11,16H,7-8H2,1-4H3. The molecule has 0 aliphatic heterocycles. The fraction of sp³-hybridized carbons (Fsp3) is 0.467. The molecule has 2 aromatic rings. The zero-order valence-electron chi connectivity index (χ0n) is 13.0. The summed E-state index contributed by atoms with van der Waals surface area (Å²) in [7, 11) is 5.29. The second-order valence-electron chi connectivity index (χ2n) is 4.89. The maximum absolute atomic E-state index is 5.42. The molecule has 1 atom stereocenters. The summed E-state index contributed by atoms with van der Waals surface area (Å²) in [5.74, 6) is 2.65. The maximum Gasteiger partial charge on any atom is 0.133 e. The lowest BCUT2D eigenvalue weighted by atomic mass is 10.1. The topological polar surface area (TPSA) is 61.2 Å². The number of nitrogens with one attached hydrogen (secondary N) is 1. The Hall–Kier alpha value is -2.08. The van der Waals surface area contributed by atoms with E-state index in [-0.39, 0.29) is 6.04 Å². The number of hydrogen-bond acceptors (Lipinski definition) is 5. The van der Waals surface area contributed by atoms with Crippen LogP contribution in [0.15, 0.2) is 24.5 Å². The molecule has 1 N–H and O–H groups in total. The normalized spacial score (nSPS) is 12.2. The molecule has 0 aliphatic rings. The summed E-state index contributed by atoms with van der Waals surface area (Å²) in [5, 5.41) is 11.4. The zero-order chi connectivity index (χ0) is 15.2. The lowest BCUT2D eigenvalue weighted by Gasteiger charge is -2.18. The average molecular weight is 290 g/mol. The molecule has 1 aromatic heterocycles. The number of nitrogens with zero attached hydrogens (tertiary/aromatic N) is 3. The molecule has 0 saturated heterocycles. The van der Waals surface area contributed by atoms with Crippen LogP contribution in [0.25, 0.3) is 0 Å². The van der Waals surface area contributed by atoms with Gasteiger partial charge in [0.2, 0.25) is 0 Å². The van der Waals surface area contributed by atoms with Crippen LogP contribution in [0.5, 0.6) is 11.5 Å². The Balaban J connectivity index is 1.99. The molecule has 0 radical (unpaired) electrons. The van der Waals surface area contributed by atoms with Crippen molar-refractivity contribution in [3.05, 3.63) is 35.9 Å². The molecule has 0 spiro atoms. The van der Waals surface area contributed by atoms with Gasteiger partial charge in [0.25, 0.3) is 0 Å². The van der Waals surface area contributed by atoms with Crippen LogP contribution in [-0.2, 0) is 13.5 Å². The van der Waals surface area contributed by atoms with E-state index in [1.807, 2.05) is 29.8 Å². The third kappa shape index (κ3) is 3.72. The van der Waals surface area contributed by atoms with Gasteiger partial charge in [0.1, 0.15) is 23.7 Å².